The fourth-order valence-corrected chi connectivity index (χ4v) is 2.84. The summed E-state index contributed by atoms with van der Waals surface area (Å²) in [5.74, 6) is 0.440. The van der Waals surface area contributed by atoms with Gasteiger partial charge in [0, 0.05) is 24.7 Å². The fourth-order valence-electron chi connectivity index (χ4n) is 2.84. The maximum atomic E-state index is 12.6. The van der Waals surface area contributed by atoms with Gasteiger partial charge >= 0.3 is 6.18 Å². The summed E-state index contributed by atoms with van der Waals surface area (Å²) in [4.78, 5) is 1.66. The zero-order chi connectivity index (χ0) is 12.7. The first kappa shape index (κ1) is 13.1. The number of hydrogen-bond donors (Lipinski definition) is 1. The van der Waals surface area contributed by atoms with Gasteiger partial charge in [-0.2, -0.15) is 13.2 Å². The Morgan fingerprint density at radius 2 is 2.00 bits per heavy atom. The van der Waals surface area contributed by atoms with Gasteiger partial charge in [0.25, 0.3) is 0 Å². The molecule has 1 aliphatic heterocycles. The lowest BCUT2D eigenvalue weighted by atomic mass is 9.89. The maximum Gasteiger partial charge on any atom is 0.401 e. The third-order valence-corrected chi connectivity index (χ3v) is 4.23. The van der Waals surface area contributed by atoms with Gasteiger partial charge in [-0.05, 0) is 32.1 Å². The van der Waals surface area contributed by atoms with Crippen LogP contribution in [0.25, 0.3) is 0 Å². The van der Waals surface area contributed by atoms with Crippen LogP contribution in [0, 0.1) is 5.92 Å². The van der Waals surface area contributed by atoms with Crippen LogP contribution >= 0.6 is 0 Å². The minimum Gasteiger partial charge on any atom is -0.311 e. The number of nitrogens with zero attached hydrogens (tertiary/aromatic N) is 1. The van der Waals surface area contributed by atoms with Gasteiger partial charge in [-0.15, -0.1) is 0 Å². The van der Waals surface area contributed by atoms with Crippen LogP contribution in [0.4, 0.5) is 13.2 Å². The molecule has 1 saturated heterocycles. The van der Waals surface area contributed by atoms with E-state index in [0.29, 0.717) is 19.0 Å². The molecule has 1 saturated carbocycles. The van der Waals surface area contributed by atoms with Gasteiger partial charge in [-0.1, -0.05) is 6.92 Å². The van der Waals surface area contributed by atoms with Crippen molar-refractivity contribution in [2.24, 2.45) is 5.92 Å². The van der Waals surface area contributed by atoms with Crippen molar-refractivity contribution in [3.63, 3.8) is 0 Å². The standard InChI is InChI=1S/C12H21F3N2/c1-3-10-6-17(8-12(13,14)15)11(2,7-16-10)9-4-5-9/h9-10,16H,3-8H2,1-2H3. The van der Waals surface area contributed by atoms with E-state index in [4.69, 9.17) is 0 Å². The zero-order valence-electron chi connectivity index (χ0n) is 10.5. The molecule has 2 atom stereocenters. The molecule has 2 unspecified atom stereocenters. The van der Waals surface area contributed by atoms with Gasteiger partial charge < -0.3 is 5.32 Å². The lowest BCUT2D eigenvalue weighted by molar-refractivity contribution is -0.165. The lowest BCUT2D eigenvalue weighted by Crippen LogP contribution is -2.65. The third kappa shape index (κ3) is 2.94. The van der Waals surface area contributed by atoms with Crippen molar-refractivity contribution in [1.82, 2.24) is 10.2 Å². The van der Waals surface area contributed by atoms with Gasteiger partial charge in [0.2, 0.25) is 0 Å². The normalized spacial score (nSPS) is 36.2. The third-order valence-electron chi connectivity index (χ3n) is 4.23. The van der Waals surface area contributed by atoms with E-state index in [0.717, 1.165) is 19.3 Å². The van der Waals surface area contributed by atoms with Crippen molar-refractivity contribution < 1.29 is 13.2 Å². The van der Waals surface area contributed by atoms with Crippen LogP contribution in [-0.2, 0) is 0 Å². The molecule has 5 heteroatoms. The highest BCUT2D eigenvalue weighted by Gasteiger charge is 2.50. The molecule has 0 amide bonds. The minimum absolute atomic E-state index is 0.198. The molecule has 0 aromatic rings. The van der Waals surface area contributed by atoms with E-state index in [2.05, 4.69) is 5.32 Å². The summed E-state index contributed by atoms with van der Waals surface area (Å²) >= 11 is 0. The van der Waals surface area contributed by atoms with Crippen LogP contribution in [0.15, 0.2) is 0 Å². The largest absolute Gasteiger partial charge is 0.401 e. The van der Waals surface area contributed by atoms with Crippen LogP contribution < -0.4 is 5.32 Å². The van der Waals surface area contributed by atoms with Gasteiger partial charge in [0.05, 0.1) is 6.54 Å². The van der Waals surface area contributed by atoms with Crippen LogP contribution in [0.1, 0.15) is 33.1 Å². The molecule has 1 heterocycles. The molecular weight excluding hydrogens is 229 g/mol. The van der Waals surface area contributed by atoms with Crippen LogP contribution in [0.5, 0.6) is 0 Å². The summed E-state index contributed by atoms with van der Waals surface area (Å²) < 4.78 is 37.9. The first-order valence-corrected chi connectivity index (χ1v) is 6.40. The zero-order valence-corrected chi connectivity index (χ0v) is 10.5. The van der Waals surface area contributed by atoms with Crippen molar-refractivity contribution in [3.05, 3.63) is 0 Å². The summed E-state index contributed by atoms with van der Waals surface area (Å²) in [6.07, 6.45) is -1.06. The second-order valence-electron chi connectivity index (χ2n) is 5.61. The Labute approximate surface area is 101 Å². The molecule has 2 fully saturated rings. The molecule has 0 bridgehead atoms. The topological polar surface area (TPSA) is 15.3 Å². The van der Waals surface area contributed by atoms with E-state index in [1.54, 1.807) is 4.90 Å². The van der Waals surface area contributed by atoms with Crippen molar-refractivity contribution >= 4 is 0 Å². The molecule has 1 N–H and O–H groups in total. The van der Waals surface area contributed by atoms with Gasteiger partial charge in [0.15, 0.2) is 0 Å². The van der Waals surface area contributed by atoms with Gasteiger partial charge in [-0.25, -0.2) is 0 Å². The van der Waals surface area contributed by atoms with E-state index in [1.807, 2.05) is 13.8 Å². The number of alkyl halides is 3. The van der Waals surface area contributed by atoms with Crippen LogP contribution in [-0.4, -0.2) is 42.3 Å². The molecule has 17 heavy (non-hydrogen) atoms. The molecule has 0 radical (unpaired) electrons. The second-order valence-corrected chi connectivity index (χ2v) is 5.61. The Bertz CT molecular complexity index is 275. The molecule has 100 valence electrons. The fraction of sp³-hybridized carbons (Fsp3) is 1.00. The Hall–Kier alpha value is -0.290. The molecule has 1 aliphatic carbocycles. The lowest BCUT2D eigenvalue weighted by Gasteiger charge is -2.48. The summed E-state index contributed by atoms with van der Waals surface area (Å²) in [6, 6.07) is 0.198. The number of nitrogens with one attached hydrogen (secondary N) is 1. The molecule has 2 aliphatic rings. The van der Waals surface area contributed by atoms with Crippen LogP contribution in [0.3, 0.4) is 0 Å². The molecule has 2 rings (SSSR count). The quantitative estimate of drug-likeness (QED) is 0.827. The Balaban J connectivity index is 2.08. The molecular formula is C12H21F3N2. The van der Waals surface area contributed by atoms with Crippen molar-refractivity contribution in [2.45, 2.75) is 50.9 Å². The van der Waals surface area contributed by atoms with Gasteiger partial charge in [0.1, 0.15) is 0 Å². The number of hydrogen-bond acceptors (Lipinski definition) is 2. The minimum atomic E-state index is -4.09. The van der Waals surface area contributed by atoms with Crippen molar-refractivity contribution in [3.8, 4) is 0 Å². The number of halogens is 3. The Morgan fingerprint density at radius 3 is 2.47 bits per heavy atom. The summed E-state index contributed by atoms with van der Waals surface area (Å²) in [5, 5.41) is 3.39. The number of piperazine rings is 1. The van der Waals surface area contributed by atoms with E-state index >= 15 is 0 Å². The first-order valence-electron chi connectivity index (χ1n) is 6.40. The Kier molecular flexibility index (Phi) is 3.42. The summed E-state index contributed by atoms with van der Waals surface area (Å²) in [6.45, 7) is 4.44. The smallest absolute Gasteiger partial charge is 0.311 e. The average molecular weight is 250 g/mol. The van der Waals surface area contributed by atoms with Crippen molar-refractivity contribution in [1.29, 1.82) is 0 Å². The summed E-state index contributed by atoms with van der Waals surface area (Å²) in [7, 11) is 0. The molecule has 0 spiro atoms. The Morgan fingerprint density at radius 1 is 1.35 bits per heavy atom. The predicted octanol–water partition coefficient (Wildman–Crippen LogP) is 2.40. The number of rotatable bonds is 3. The SMILES string of the molecule is CCC1CN(CC(F)(F)F)C(C)(C2CC2)CN1. The average Bonchev–Trinajstić information content (AvgIpc) is 3.03. The highest BCUT2D eigenvalue weighted by Crippen LogP contribution is 2.44. The maximum absolute atomic E-state index is 12.6. The monoisotopic (exact) mass is 250 g/mol. The van der Waals surface area contributed by atoms with E-state index in [9.17, 15) is 13.2 Å². The summed E-state index contributed by atoms with van der Waals surface area (Å²) in [5.41, 5.74) is -0.304. The second kappa shape index (κ2) is 4.43. The first-order chi connectivity index (χ1) is 7.85. The van der Waals surface area contributed by atoms with Gasteiger partial charge in [-0.3, -0.25) is 4.90 Å². The van der Waals surface area contributed by atoms with Crippen LogP contribution in [0.2, 0.25) is 0 Å². The molecule has 0 aromatic carbocycles. The van der Waals surface area contributed by atoms with E-state index < -0.39 is 12.7 Å². The molecule has 2 nitrogen and oxygen atoms in total. The highest BCUT2D eigenvalue weighted by molar-refractivity contribution is 5.05. The van der Waals surface area contributed by atoms with Crippen molar-refractivity contribution in [2.75, 3.05) is 19.6 Å². The predicted molar refractivity (Wildman–Crippen MR) is 60.8 cm³/mol. The highest BCUT2D eigenvalue weighted by atomic mass is 19.4. The van der Waals surface area contributed by atoms with E-state index in [-0.39, 0.29) is 11.6 Å². The van der Waals surface area contributed by atoms with E-state index in [1.165, 1.54) is 0 Å². The molecule has 0 aromatic heterocycles.